The van der Waals surface area contributed by atoms with Crippen molar-refractivity contribution >= 4 is 11.3 Å². The molecule has 68 valence electrons. The van der Waals surface area contributed by atoms with Crippen molar-refractivity contribution < 1.29 is 5.11 Å². The second-order valence-corrected chi connectivity index (χ2v) is 4.32. The van der Waals surface area contributed by atoms with Crippen LogP contribution in [0, 0.1) is 0 Å². The van der Waals surface area contributed by atoms with Crippen molar-refractivity contribution in [2.24, 2.45) is 5.73 Å². The van der Waals surface area contributed by atoms with E-state index in [1.54, 1.807) is 0 Å². The van der Waals surface area contributed by atoms with E-state index in [-0.39, 0.29) is 12.0 Å². The summed E-state index contributed by atoms with van der Waals surface area (Å²) in [5.41, 5.74) is 6.48. The predicted molar refractivity (Wildman–Crippen MR) is 50.1 cm³/mol. The largest absolute Gasteiger partial charge is 0.389 e. The van der Waals surface area contributed by atoms with E-state index in [9.17, 15) is 0 Å². The van der Waals surface area contributed by atoms with E-state index in [1.165, 1.54) is 11.3 Å². The number of rotatable bonds is 3. The van der Waals surface area contributed by atoms with Gasteiger partial charge in [-0.25, -0.2) is 4.98 Å². The van der Waals surface area contributed by atoms with Crippen LogP contribution in [0.5, 0.6) is 0 Å². The van der Waals surface area contributed by atoms with Crippen LogP contribution < -0.4 is 5.73 Å². The second kappa shape index (κ2) is 3.51. The lowest BCUT2D eigenvalue weighted by molar-refractivity contribution is 0.280. The zero-order chi connectivity index (χ0) is 9.19. The number of hydrogen-bond acceptors (Lipinski definition) is 4. The molecular formula is C8H14N2OS. The molecule has 0 amide bonds. The topological polar surface area (TPSA) is 59.1 Å². The fraction of sp³-hybridized carbons (Fsp3) is 0.625. The summed E-state index contributed by atoms with van der Waals surface area (Å²) in [7, 11) is 0. The van der Waals surface area contributed by atoms with Crippen LogP contribution in [0.15, 0.2) is 5.38 Å². The number of nitrogens with zero attached hydrogens (tertiary/aromatic N) is 1. The lowest BCUT2D eigenvalue weighted by atomic mass is 9.90. The SMILES string of the molecule is CC(C)(CN)c1csc(CO)n1. The minimum atomic E-state index is -0.0794. The average molecular weight is 186 g/mol. The van der Waals surface area contributed by atoms with E-state index in [4.69, 9.17) is 10.8 Å². The third kappa shape index (κ3) is 1.83. The van der Waals surface area contributed by atoms with E-state index in [1.807, 2.05) is 19.2 Å². The van der Waals surface area contributed by atoms with E-state index < -0.39 is 0 Å². The molecule has 12 heavy (non-hydrogen) atoms. The minimum Gasteiger partial charge on any atom is -0.389 e. The van der Waals surface area contributed by atoms with Crippen LogP contribution in [-0.4, -0.2) is 16.6 Å². The van der Waals surface area contributed by atoms with Crippen molar-refractivity contribution in [3.05, 3.63) is 16.1 Å². The molecule has 3 nitrogen and oxygen atoms in total. The van der Waals surface area contributed by atoms with Crippen LogP contribution in [0.4, 0.5) is 0 Å². The highest BCUT2D eigenvalue weighted by Crippen LogP contribution is 2.23. The Hall–Kier alpha value is -0.450. The van der Waals surface area contributed by atoms with E-state index in [2.05, 4.69) is 4.98 Å². The standard InChI is InChI=1S/C8H14N2OS/c1-8(2,5-9)6-4-12-7(3-11)10-6/h4,11H,3,5,9H2,1-2H3. The fourth-order valence-electron chi connectivity index (χ4n) is 0.799. The average Bonchev–Trinajstić information content (AvgIpc) is 2.52. The van der Waals surface area contributed by atoms with Crippen LogP contribution in [0.3, 0.4) is 0 Å². The van der Waals surface area contributed by atoms with Crippen molar-refractivity contribution in [3.8, 4) is 0 Å². The summed E-state index contributed by atoms with van der Waals surface area (Å²) < 4.78 is 0. The number of aliphatic hydroxyl groups excluding tert-OH is 1. The van der Waals surface area contributed by atoms with Gasteiger partial charge >= 0.3 is 0 Å². The molecule has 0 spiro atoms. The molecule has 0 saturated carbocycles. The third-order valence-electron chi connectivity index (χ3n) is 1.89. The molecule has 4 heteroatoms. The first kappa shape index (κ1) is 9.64. The van der Waals surface area contributed by atoms with E-state index in [0.29, 0.717) is 6.54 Å². The predicted octanol–water partition coefficient (Wildman–Crippen LogP) is 0.872. The van der Waals surface area contributed by atoms with Gasteiger partial charge in [-0.1, -0.05) is 13.8 Å². The third-order valence-corrected chi connectivity index (χ3v) is 2.72. The Bertz CT molecular complexity index is 257. The van der Waals surface area contributed by atoms with Crippen LogP contribution in [-0.2, 0) is 12.0 Å². The van der Waals surface area contributed by atoms with Crippen LogP contribution in [0.1, 0.15) is 24.5 Å². The summed E-state index contributed by atoms with van der Waals surface area (Å²) >= 11 is 1.48. The van der Waals surface area contributed by atoms with Crippen LogP contribution in [0.25, 0.3) is 0 Å². The van der Waals surface area contributed by atoms with Gasteiger partial charge in [0.05, 0.1) is 12.3 Å². The summed E-state index contributed by atoms with van der Waals surface area (Å²) in [6.07, 6.45) is 0. The summed E-state index contributed by atoms with van der Waals surface area (Å²) in [6.45, 7) is 4.68. The fourth-order valence-corrected chi connectivity index (χ4v) is 1.64. The van der Waals surface area contributed by atoms with Crippen molar-refractivity contribution in [3.63, 3.8) is 0 Å². The van der Waals surface area contributed by atoms with Gasteiger partial charge in [0.25, 0.3) is 0 Å². The van der Waals surface area contributed by atoms with Crippen molar-refractivity contribution in [2.75, 3.05) is 6.54 Å². The molecule has 0 saturated heterocycles. The van der Waals surface area contributed by atoms with Gasteiger partial charge < -0.3 is 10.8 Å². The molecule has 0 aromatic carbocycles. The Morgan fingerprint density at radius 3 is 2.75 bits per heavy atom. The molecule has 0 radical (unpaired) electrons. The van der Waals surface area contributed by atoms with Crippen LogP contribution >= 0.6 is 11.3 Å². The zero-order valence-corrected chi connectivity index (χ0v) is 8.19. The first-order valence-electron chi connectivity index (χ1n) is 3.86. The Morgan fingerprint density at radius 1 is 1.67 bits per heavy atom. The summed E-state index contributed by atoms with van der Waals surface area (Å²) in [6, 6.07) is 0. The monoisotopic (exact) mass is 186 g/mol. The molecule has 1 aromatic rings. The van der Waals surface area contributed by atoms with Gasteiger partial charge in [0, 0.05) is 17.3 Å². The van der Waals surface area contributed by atoms with Crippen LogP contribution in [0.2, 0.25) is 0 Å². The molecule has 1 aromatic heterocycles. The Kier molecular flexibility index (Phi) is 2.82. The molecule has 0 aliphatic carbocycles. The van der Waals surface area contributed by atoms with Gasteiger partial charge in [0.2, 0.25) is 0 Å². The number of nitrogens with two attached hydrogens (primary N) is 1. The highest BCUT2D eigenvalue weighted by molar-refractivity contribution is 7.09. The molecule has 0 aliphatic rings. The normalized spacial score (nSPS) is 12.0. The van der Waals surface area contributed by atoms with Gasteiger partial charge in [-0.2, -0.15) is 0 Å². The highest BCUT2D eigenvalue weighted by Gasteiger charge is 2.21. The molecule has 0 unspecified atom stereocenters. The van der Waals surface area contributed by atoms with Crippen molar-refractivity contribution in [2.45, 2.75) is 25.9 Å². The molecule has 3 N–H and O–H groups in total. The van der Waals surface area contributed by atoms with Gasteiger partial charge in [-0.05, 0) is 0 Å². The quantitative estimate of drug-likeness (QED) is 0.736. The Balaban J connectivity index is 2.88. The number of hydrogen-bond donors (Lipinski definition) is 2. The number of aliphatic hydroxyl groups is 1. The maximum atomic E-state index is 8.81. The van der Waals surface area contributed by atoms with Gasteiger partial charge in [-0.3, -0.25) is 0 Å². The smallest absolute Gasteiger partial charge is 0.118 e. The molecule has 0 aliphatic heterocycles. The van der Waals surface area contributed by atoms with E-state index in [0.717, 1.165) is 10.7 Å². The first-order chi connectivity index (χ1) is 5.60. The molecule has 1 rings (SSSR count). The zero-order valence-electron chi connectivity index (χ0n) is 7.37. The van der Waals surface area contributed by atoms with Crippen molar-refractivity contribution in [1.29, 1.82) is 0 Å². The Labute approximate surface area is 76.3 Å². The molecular weight excluding hydrogens is 172 g/mol. The maximum Gasteiger partial charge on any atom is 0.118 e. The molecule has 0 fully saturated rings. The first-order valence-corrected chi connectivity index (χ1v) is 4.74. The summed E-state index contributed by atoms with van der Waals surface area (Å²) in [5, 5.41) is 11.5. The lowest BCUT2D eigenvalue weighted by Crippen LogP contribution is -2.28. The number of aromatic nitrogens is 1. The summed E-state index contributed by atoms with van der Waals surface area (Å²) in [4.78, 5) is 4.26. The highest BCUT2D eigenvalue weighted by atomic mass is 32.1. The molecule has 1 heterocycles. The van der Waals surface area contributed by atoms with E-state index >= 15 is 0 Å². The number of thiazole rings is 1. The summed E-state index contributed by atoms with van der Waals surface area (Å²) in [5.74, 6) is 0. The van der Waals surface area contributed by atoms with Crippen molar-refractivity contribution in [1.82, 2.24) is 4.98 Å². The van der Waals surface area contributed by atoms with Gasteiger partial charge in [0.15, 0.2) is 0 Å². The lowest BCUT2D eigenvalue weighted by Gasteiger charge is -2.19. The van der Waals surface area contributed by atoms with Gasteiger partial charge in [0.1, 0.15) is 5.01 Å². The second-order valence-electron chi connectivity index (χ2n) is 3.37. The molecule has 0 atom stereocenters. The molecule has 0 bridgehead atoms. The van der Waals surface area contributed by atoms with Gasteiger partial charge in [-0.15, -0.1) is 11.3 Å². The minimum absolute atomic E-state index is 0.0192. The Morgan fingerprint density at radius 2 is 2.33 bits per heavy atom. The maximum absolute atomic E-state index is 8.81.